The third-order valence-corrected chi connectivity index (χ3v) is 3.58. The summed E-state index contributed by atoms with van der Waals surface area (Å²) in [6.07, 6.45) is 7.69. The maximum Gasteiger partial charge on any atom is 0.0387 e. The maximum atomic E-state index is 6.20. The highest BCUT2D eigenvalue weighted by atomic mass is 32.1. The Morgan fingerprint density at radius 3 is 2.36 bits per heavy atom. The van der Waals surface area contributed by atoms with Crippen molar-refractivity contribution < 1.29 is 0 Å². The molecule has 1 aliphatic rings. The molecule has 0 radical (unpaired) electrons. The zero-order valence-electron chi connectivity index (χ0n) is 9.46. The molecule has 0 heterocycles. The van der Waals surface area contributed by atoms with Crippen molar-refractivity contribution in [3.63, 3.8) is 0 Å². The molecule has 1 saturated carbocycles. The first-order valence-corrected chi connectivity index (χ1v) is 6.30. The molecule has 2 N–H and O–H groups in total. The van der Waals surface area contributed by atoms with E-state index in [4.69, 9.17) is 18.0 Å². The van der Waals surface area contributed by atoms with Gasteiger partial charge in [-0.25, -0.2) is 0 Å². The Morgan fingerprint density at radius 2 is 1.86 bits per heavy atom. The van der Waals surface area contributed by atoms with Gasteiger partial charge in [0.2, 0.25) is 0 Å². The van der Waals surface area contributed by atoms with Crippen LogP contribution < -0.4 is 5.73 Å². The van der Waals surface area contributed by atoms with Crippen LogP contribution in [0.15, 0.2) is 0 Å². The molecule has 1 rings (SSSR count). The van der Waals surface area contributed by atoms with Crippen molar-refractivity contribution in [3.8, 4) is 0 Å². The van der Waals surface area contributed by atoms with Crippen molar-refractivity contribution in [2.75, 3.05) is 0 Å². The summed E-state index contributed by atoms with van der Waals surface area (Å²) in [4.78, 5) is 1.10. The van der Waals surface area contributed by atoms with Gasteiger partial charge in [-0.05, 0) is 31.1 Å². The average Bonchev–Trinajstić information content (AvgIpc) is 2.17. The van der Waals surface area contributed by atoms with Gasteiger partial charge in [0.25, 0.3) is 0 Å². The zero-order valence-corrected chi connectivity index (χ0v) is 10.3. The molecule has 82 valence electrons. The van der Waals surface area contributed by atoms with Crippen LogP contribution in [-0.2, 0) is 0 Å². The van der Waals surface area contributed by atoms with Gasteiger partial charge in [0, 0.05) is 10.9 Å². The van der Waals surface area contributed by atoms with Crippen LogP contribution in [0, 0.1) is 11.8 Å². The van der Waals surface area contributed by atoms with Crippen LogP contribution in [0.25, 0.3) is 0 Å². The summed E-state index contributed by atoms with van der Waals surface area (Å²) in [6, 6.07) is 0.188. The summed E-state index contributed by atoms with van der Waals surface area (Å²) in [5, 5.41) is 0. The van der Waals surface area contributed by atoms with Crippen molar-refractivity contribution >= 4 is 17.1 Å². The van der Waals surface area contributed by atoms with E-state index in [1.807, 2.05) is 0 Å². The lowest BCUT2D eigenvalue weighted by molar-refractivity contribution is 0.340. The standard InChI is InChI=1S/C12H23NS/c1-9(2)8-11(14)12(13)10-6-4-3-5-7-10/h9-10,12H,3-8,13H2,1-2H3/t12-/m0/s1. The predicted molar refractivity (Wildman–Crippen MR) is 66.6 cm³/mol. The van der Waals surface area contributed by atoms with E-state index in [9.17, 15) is 0 Å². The molecule has 14 heavy (non-hydrogen) atoms. The van der Waals surface area contributed by atoms with Crippen molar-refractivity contribution in [2.45, 2.75) is 58.4 Å². The molecular weight excluding hydrogens is 190 g/mol. The molecule has 0 spiro atoms. The van der Waals surface area contributed by atoms with E-state index in [1.165, 1.54) is 32.1 Å². The Labute approximate surface area is 93.4 Å². The van der Waals surface area contributed by atoms with Crippen LogP contribution in [0.4, 0.5) is 0 Å². The largest absolute Gasteiger partial charge is 0.323 e. The van der Waals surface area contributed by atoms with E-state index < -0.39 is 0 Å². The predicted octanol–water partition coefficient (Wildman–Crippen LogP) is 3.31. The van der Waals surface area contributed by atoms with Gasteiger partial charge in [-0.15, -0.1) is 0 Å². The van der Waals surface area contributed by atoms with Crippen LogP contribution in [0.2, 0.25) is 0 Å². The summed E-state index contributed by atoms with van der Waals surface area (Å²) in [6.45, 7) is 4.42. The second kappa shape index (κ2) is 5.82. The molecule has 0 aromatic carbocycles. The van der Waals surface area contributed by atoms with E-state index in [-0.39, 0.29) is 6.04 Å². The number of thiocarbonyl (C=S) groups is 1. The molecule has 1 atom stereocenters. The summed E-state index contributed by atoms with van der Waals surface area (Å²) >= 11 is 5.41. The minimum Gasteiger partial charge on any atom is -0.323 e. The normalized spacial score (nSPS) is 21.1. The highest BCUT2D eigenvalue weighted by molar-refractivity contribution is 7.80. The van der Waals surface area contributed by atoms with Crippen LogP contribution in [0.3, 0.4) is 0 Å². The van der Waals surface area contributed by atoms with E-state index in [2.05, 4.69) is 13.8 Å². The molecule has 0 saturated heterocycles. The summed E-state index contributed by atoms with van der Waals surface area (Å²) in [5.74, 6) is 1.33. The number of hydrogen-bond donors (Lipinski definition) is 1. The zero-order chi connectivity index (χ0) is 10.6. The molecule has 0 aromatic rings. The Kier molecular flexibility index (Phi) is 5.04. The van der Waals surface area contributed by atoms with E-state index in [0.29, 0.717) is 11.8 Å². The lowest BCUT2D eigenvalue weighted by atomic mass is 9.82. The molecular formula is C12H23NS. The van der Waals surface area contributed by atoms with Gasteiger partial charge in [-0.3, -0.25) is 0 Å². The molecule has 1 fully saturated rings. The summed E-state index contributed by atoms with van der Waals surface area (Å²) < 4.78 is 0. The molecule has 1 nitrogen and oxygen atoms in total. The van der Waals surface area contributed by atoms with Gasteiger partial charge in [-0.2, -0.15) is 0 Å². The van der Waals surface area contributed by atoms with E-state index in [0.717, 1.165) is 11.3 Å². The van der Waals surface area contributed by atoms with Crippen molar-refractivity contribution in [2.24, 2.45) is 17.6 Å². The molecule has 0 amide bonds. The Hall–Kier alpha value is 0.0500. The van der Waals surface area contributed by atoms with Gasteiger partial charge >= 0.3 is 0 Å². The van der Waals surface area contributed by atoms with Gasteiger partial charge in [0.05, 0.1) is 0 Å². The second-order valence-electron chi connectivity index (χ2n) is 4.99. The Morgan fingerprint density at radius 1 is 1.29 bits per heavy atom. The van der Waals surface area contributed by atoms with Crippen LogP contribution >= 0.6 is 12.2 Å². The average molecular weight is 213 g/mol. The molecule has 2 heteroatoms. The number of hydrogen-bond acceptors (Lipinski definition) is 2. The monoisotopic (exact) mass is 213 g/mol. The number of rotatable bonds is 4. The number of nitrogens with two attached hydrogens (primary N) is 1. The van der Waals surface area contributed by atoms with Gasteiger partial charge in [0.1, 0.15) is 0 Å². The maximum absolute atomic E-state index is 6.20. The SMILES string of the molecule is CC(C)CC(=S)[C@@H](N)C1CCCCC1. The lowest BCUT2D eigenvalue weighted by Gasteiger charge is -2.28. The first-order chi connectivity index (χ1) is 6.61. The fourth-order valence-electron chi connectivity index (χ4n) is 2.29. The fourth-order valence-corrected chi connectivity index (χ4v) is 2.82. The van der Waals surface area contributed by atoms with Gasteiger partial charge in [-0.1, -0.05) is 45.3 Å². The second-order valence-corrected chi connectivity index (χ2v) is 5.51. The summed E-state index contributed by atoms with van der Waals surface area (Å²) in [7, 11) is 0. The third-order valence-electron chi connectivity index (χ3n) is 3.14. The van der Waals surface area contributed by atoms with Crippen molar-refractivity contribution in [1.29, 1.82) is 0 Å². The van der Waals surface area contributed by atoms with Crippen LogP contribution in [0.5, 0.6) is 0 Å². The van der Waals surface area contributed by atoms with Gasteiger partial charge < -0.3 is 5.73 Å². The molecule has 1 aliphatic carbocycles. The van der Waals surface area contributed by atoms with Crippen molar-refractivity contribution in [3.05, 3.63) is 0 Å². The smallest absolute Gasteiger partial charge is 0.0387 e. The molecule has 0 aromatic heterocycles. The first-order valence-electron chi connectivity index (χ1n) is 5.89. The third kappa shape index (κ3) is 3.66. The highest BCUT2D eigenvalue weighted by Crippen LogP contribution is 2.27. The highest BCUT2D eigenvalue weighted by Gasteiger charge is 2.23. The van der Waals surface area contributed by atoms with Gasteiger partial charge in [0.15, 0.2) is 0 Å². The van der Waals surface area contributed by atoms with Crippen LogP contribution in [0.1, 0.15) is 52.4 Å². The minimum absolute atomic E-state index is 0.188. The lowest BCUT2D eigenvalue weighted by Crippen LogP contribution is -2.38. The molecule has 0 unspecified atom stereocenters. The van der Waals surface area contributed by atoms with Crippen molar-refractivity contribution in [1.82, 2.24) is 0 Å². The molecule has 0 aliphatic heterocycles. The fraction of sp³-hybridized carbons (Fsp3) is 0.917. The Bertz CT molecular complexity index is 183. The summed E-state index contributed by atoms with van der Waals surface area (Å²) in [5.41, 5.74) is 6.20. The Balaban J connectivity index is 2.38. The van der Waals surface area contributed by atoms with E-state index in [1.54, 1.807) is 0 Å². The quantitative estimate of drug-likeness (QED) is 0.725. The topological polar surface area (TPSA) is 26.0 Å². The minimum atomic E-state index is 0.188. The first kappa shape index (κ1) is 12.1. The van der Waals surface area contributed by atoms with Crippen LogP contribution in [-0.4, -0.2) is 10.9 Å². The molecule has 0 bridgehead atoms. The van der Waals surface area contributed by atoms with E-state index >= 15 is 0 Å².